The van der Waals surface area contributed by atoms with E-state index < -0.39 is 8.75 Å². The Hall–Kier alpha value is 0.220. The van der Waals surface area contributed by atoms with Gasteiger partial charge in [0, 0.05) is 0 Å². The van der Waals surface area contributed by atoms with E-state index in [1.54, 1.807) is 0 Å². The summed E-state index contributed by atoms with van der Waals surface area (Å²) >= 11 is 0. The Balaban J connectivity index is 4.14. The second kappa shape index (κ2) is 1.35. The molecule has 7 heavy (non-hydrogen) atoms. The molecule has 0 spiro atoms. The third-order valence-corrected chi connectivity index (χ3v) is 3.21. The van der Waals surface area contributed by atoms with Gasteiger partial charge >= 0.3 is 0 Å². The minimum atomic E-state index is -1.12. The van der Waals surface area contributed by atoms with Gasteiger partial charge in [0.15, 0.2) is 0 Å². The fourth-order valence-electron chi connectivity index (χ4n) is 0. The van der Waals surface area contributed by atoms with E-state index in [1.807, 2.05) is 0 Å². The summed E-state index contributed by atoms with van der Waals surface area (Å²) in [6, 6.07) is 0. The Labute approximate surface area is 46.8 Å². The van der Waals surface area contributed by atoms with Gasteiger partial charge in [-0.15, -0.1) is 0 Å². The van der Waals surface area contributed by atoms with Crippen molar-refractivity contribution < 1.29 is 0 Å². The van der Waals surface area contributed by atoms with Crippen molar-refractivity contribution >= 4 is 14.6 Å². The summed E-state index contributed by atoms with van der Waals surface area (Å²) < 4.78 is 0. The highest BCUT2D eigenvalue weighted by molar-refractivity contribution is 8.45. The van der Waals surface area contributed by atoms with Gasteiger partial charge < -0.3 is 0 Å². The van der Waals surface area contributed by atoms with E-state index in [2.05, 4.69) is 31.6 Å². The molecule has 0 N–H and O–H groups in total. The lowest BCUT2D eigenvalue weighted by Gasteiger charge is -2.33. The lowest BCUT2D eigenvalue weighted by atomic mass is 11.0. The summed E-state index contributed by atoms with van der Waals surface area (Å²) in [6.07, 6.45) is 6.78. The second-order valence-corrected chi connectivity index (χ2v) is 10.3. The van der Waals surface area contributed by atoms with Crippen LogP contribution in [0.25, 0.3) is 0 Å². The quantitative estimate of drug-likeness (QED) is 0.462. The Morgan fingerprint density at radius 1 is 1.29 bits per heavy atom. The molecular weight excluding hydrogens is 104 g/mol. The highest BCUT2D eigenvalue weighted by Crippen LogP contribution is 2.43. The molecule has 0 fully saturated rings. The molecular formula is C6H16S. The predicted octanol–water partition coefficient (Wildman–Crippen LogP) is 1.67. The van der Waals surface area contributed by atoms with Crippen molar-refractivity contribution in [1.29, 1.82) is 0 Å². The van der Waals surface area contributed by atoms with Crippen molar-refractivity contribution in [3.63, 3.8) is 0 Å². The first-order valence-corrected chi connectivity index (χ1v) is 6.11. The standard InChI is InChI=1S/C6H16S/c1-6-7(2,3,4)5/h2,6H2,1,3-5H3. The lowest BCUT2D eigenvalue weighted by Crippen LogP contribution is -2.02. The van der Waals surface area contributed by atoms with Crippen molar-refractivity contribution in [2.45, 2.75) is 6.92 Å². The molecule has 46 valence electrons. The monoisotopic (exact) mass is 120 g/mol. The van der Waals surface area contributed by atoms with E-state index in [-0.39, 0.29) is 0 Å². The zero-order valence-corrected chi connectivity index (χ0v) is 6.64. The zero-order chi connectivity index (χ0) is 6.15. The van der Waals surface area contributed by atoms with E-state index in [1.165, 1.54) is 5.75 Å². The molecule has 0 amide bonds. The maximum absolute atomic E-state index is 4.13. The second-order valence-electron chi connectivity index (χ2n) is 3.45. The van der Waals surface area contributed by atoms with E-state index in [9.17, 15) is 0 Å². The molecule has 0 unspecified atom stereocenters. The summed E-state index contributed by atoms with van der Waals surface area (Å²) in [5, 5.41) is 0. The fraction of sp³-hybridized carbons (Fsp3) is 0.833. The molecule has 0 aromatic rings. The van der Waals surface area contributed by atoms with Gasteiger partial charge in [-0.1, -0.05) is 12.8 Å². The van der Waals surface area contributed by atoms with Crippen molar-refractivity contribution in [1.82, 2.24) is 0 Å². The van der Waals surface area contributed by atoms with Gasteiger partial charge in [0.1, 0.15) is 0 Å². The first kappa shape index (κ1) is 7.22. The van der Waals surface area contributed by atoms with Crippen molar-refractivity contribution in [3.05, 3.63) is 0 Å². The van der Waals surface area contributed by atoms with Gasteiger partial charge in [-0.05, 0) is 24.5 Å². The third-order valence-electron chi connectivity index (χ3n) is 1.07. The SMILES string of the molecule is C=S(C)(C)(C)CC. The Bertz CT molecular complexity index is 105. The zero-order valence-electron chi connectivity index (χ0n) is 5.82. The van der Waals surface area contributed by atoms with Crippen LogP contribution < -0.4 is 0 Å². The summed E-state index contributed by atoms with van der Waals surface area (Å²) in [5.41, 5.74) is 0. The van der Waals surface area contributed by atoms with Crippen LogP contribution in [-0.4, -0.2) is 30.4 Å². The largest absolute Gasteiger partial charge is 0.259 e. The van der Waals surface area contributed by atoms with Crippen molar-refractivity contribution in [3.8, 4) is 0 Å². The molecule has 0 nitrogen and oxygen atoms in total. The Kier molecular flexibility index (Phi) is 1.39. The maximum atomic E-state index is 4.13. The van der Waals surface area contributed by atoms with Gasteiger partial charge in [0.25, 0.3) is 0 Å². The van der Waals surface area contributed by atoms with Gasteiger partial charge in [-0.2, -0.15) is 0 Å². The average molecular weight is 120 g/mol. The van der Waals surface area contributed by atoms with Gasteiger partial charge in [0.05, 0.1) is 0 Å². The number of hydrogen-bond acceptors (Lipinski definition) is 0. The molecule has 0 aromatic heterocycles. The molecule has 1 heteroatoms. The third kappa shape index (κ3) is 6.22. The number of rotatable bonds is 1. The molecule has 0 aliphatic rings. The van der Waals surface area contributed by atoms with Crippen molar-refractivity contribution in [2.75, 3.05) is 24.5 Å². The Morgan fingerprint density at radius 3 is 1.43 bits per heavy atom. The molecule has 0 rings (SSSR count). The van der Waals surface area contributed by atoms with Gasteiger partial charge in [-0.25, -0.2) is 0 Å². The molecule has 0 aliphatic heterocycles. The molecule has 0 bridgehead atoms. The van der Waals surface area contributed by atoms with Crippen LogP contribution in [0.15, 0.2) is 0 Å². The van der Waals surface area contributed by atoms with Crippen LogP contribution in [0.3, 0.4) is 0 Å². The topological polar surface area (TPSA) is 0 Å². The normalized spacial score (nSPS) is 18.0. The van der Waals surface area contributed by atoms with Gasteiger partial charge in [0.2, 0.25) is 0 Å². The fourth-order valence-corrected chi connectivity index (χ4v) is 0. The minimum absolute atomic E-state index is 1.12. The number of hydrogen-bond donors (Lipinski definition) is 0. The average Bonchev–Trinajstić information content (AvgIpc) is 1.32. The van der Waals surface area contributed by atoms with Crippen LogP contribution in [0.2, 0.25) is 0 Å². The maximum Gasteiger partial charge on any atom is -0.0296 e. The van der Waals surface area contributed by atoms with Crippen LogP contribution in [0, 0.1) is 0 Å². The molecule has 0 aromatic carbocycles. The lowest BCUT2D eigenvalue weighted by molar-refractivity contribution is 1.49. The van der Waals surface area contributed by atoms with E-state index >= 15 is 0 Å². The highest BCUT2D eigenvalue weighted by atomic mass is 32.3. The molecule has 0 aliphatic carbocycles. The predicted molar refractivity (Wildman–Crippen MR) is 43.0 cm³/mol. The minimum Gasteiger partial charge on any atom is -0.259 e. The van der Waals surface area contributed by atoms with Crippen LogP contribution in [0.5, 0.6) is 0 Å². The summed E-state index contributed by atoms with van der Waals surface area (Å²) in [6.45, 7) is 2.20. The van der Waals surface area contributed by atoms with Crippen LogP contribution in [0.4, 0.5) is 0 Å². The first-order valence-electron chi connectivity index (χ1n) is 2.51. The summed E-state index contributed by atoms with van der Waals surface area (Å²) in [5.74, 6) is 5.36. The molecule has 0 atom stereocenters. The van der Waals surface area contributed by atoms with Crippen LogP contribution in [0.1, 0.15) is 6.92 Å². The van der Waals surface area contributed by atoms with Crippen LogP contribution >= 0.6 is 8.75 Å². The molecule has 0 saturated carbocycles. The van der Waals surface area contributed by atoms with E-state index in [0.29, 0.717) is 0 Å². The van der Waals surface area contributed by atoms with Gasteiger partial charge in [-0.3, -0.25) is 8.75 Å². The van der Waals surface area contributed by atoms with E-state index in [4.69, 9.17) is 0 Å². The first-order chi connectivity index (χ1) is 2.81. The smallest absolute Gasteiger partial charge is 0.0296 e. The summed E-state index contributed by atoms with van der Waals surface area (Å²) in [7, 11) is -1.12. The summed E-state index contributed by atoms with van der Waals surface area (Å²) in [4.78, 5) is 0. The van der Waals surface area contributed by atoms with Crippen molar-refractivity contribution in [2.24, 2.45) is 0 Å². The molecule has 0 radical (unpaired) electrons. The Morgan fingerprint density at radius 2 is 1.43 bits per heavy atom. The highest BCUT2D eigenvalue weighted by Gasteiger charge is 2.05. The molecule has 0 heterocycles. The van der Waals surface area contributed by atoms with E-state index in [0.717, 1.165) is 0 Å². The van der Waals surface area contributed by atoms with Crippen LogP contribution in [-0.2, 0) is 0 Å². The molecule has 0 saturated heterocycles.